The number of fused-ring (bicyclic) bond motifs is 1. The topological polar surface area (TPSA) is 116 Å². The lowest BCUT2D eigenvalue weighted by Crippen LogP contribution is -2.26. The molecule has 1 fully saturated rings. The van der Waals surface area contributed by atoms with E-state index in [9.17, 15) is 13.5 Å². The summed E-state index contributed by atoms with van der Waals surface area (Å²) in [5.74, 6) is 1.11. The molecule has 3 aromatic rings. The maximum absolute atomic E-state index is 12.1. The summed E-state index contributed by atoms with van der Waals surface area (Å²) in [6.07, 6.45) is 0.660. The SMILES string of the molecule is CC(C)c1n[nH]c2cc(OCCNC[C@H](O)c3cccc(NS(=O)(=O)C4CC4)c3)ccc12. The van der Waals surface area contributed by atoms with Crippen molar-refractivity contribution in [2.45, 2.75) is 44.0 Å². The van der Waals surface area contributed by atoms with Gasteiger partial charge in [0.15, 0.2) is 0 Å². The molecule has 1 heterocycles. The zero-order valence-corrected chi connectivity index (χ0v) is 19.2. The highest BCUT2D eigenvalue weighted by molar-refractivity contribution is 7.93. The van der Waals surface area contributed by atoms with Crippen LogP contribution in [-0.4, -0.2) is 48.7 Å². The van der Waals surface area contributed by atoms with Crippen LogP contribution in [0.3, 0.4) is 0 Å². The van der Waals surface area contributed by atoms with Crippen molar-refractivity contribution in [2.75, 3.05) is 24.4 Å². The summed E-state index contributed by atoms with van der Waals surface area (Å²) in [5, 5.41) is 21.9. The molecule has 0 amide bonds. The second-order valence-corrected chi connectivity index (χ2v) is 10.5. The Morgan fingerprint density at radius 1 is 1.22 bits per heavy atom. The van der Waals surface area contributed by atoms with Gasteiger partial charge in [0.1, 0.15) is 12.4 Å². The Kier molecular flexibility index (Phi) is 6.68. The monoisotopic (exact) mass is 458 g/mol. The summed E-state index contributed by atoms with van der Waals surface area (Å²) < 4.78 is 32.6. The molecule has 4 N–H and O–H groups in total. The lowest BCUT2D eigenvalue weighted by Gasteiger charge is -2.14. The van der Waals surface area contributed by atoms with Crippen molar-refractivity contribution < 1.29 is 18.3 Å². The summed E-state index contributed by atoms with van der Waals surface area (Å²) in [4.78, 5) is 0. The number of sulfonamides is 1. The molecular formula is C23H30N4O4S. The average molecular weight is 459 g/mol. The minimum absolute atomic E-state index is 0.288. The molecule has 0 radical (unpaired) electrons. The van der Waals surface area contributed by atoms with Crippen LogP contribution in [0.2, 0.25) is 0 Å². The van der Waals surface area contributed by atoms with Crippen LogP contribution >= 0.6 is 0 Å². The Labute approximate surface area is 188 Å². The fraction of sp³-hybridized carbons (Fsp3) is 0.435. The molecule has 9 heteroatoms. The summed E-state index contributed by atoms with van der Waals surface area (Å²) in [6, 6.07) is 12.8. The third-order valence-electron chi connectivity index (χ3n) is 5.49. The summed E-state index contributed by atoms with van der Waals surface area (Å²) in [5.41, 5.74) is 3.13. The van der Waals surface area contributed by atoms with Gasteiger partial charge in [-0.15, -0.1) is 0 Å². The van der Waals surface area contributed by atoms with Crippen LogP contribution in [0.25, 0.3) is 10.9 Å². The zero-order chi connectivity index (χ0) is 22.7. The van der Waals surface area contributed by atoms with Crippen molar-refractivity contribution in [3.8, 4) is 5.75 Å². The lowest BCUT2D eigenvalue weighted by molar-refractivity contribution is 0.172. The van der Waals surface area contributed by atoms with E-state index in [0.717, 1.165) is 22.3 Å². The number of aliphatic hydroxyl groups is 1. The summed E-state index contributed by atoms with van der Waals surface area (Å²) in [7, 11) is -3.32. The van der Waals surface area contributed by atoms with Crippen molar-refractivity contribution >= 4 is 26.6 Å². The van der Waals surface area contributed by atoms with Crippen LogP contribution in [0.1, 0.15) is 50.0 Å². The van der Waals surface area contributed by atoms with Crippen LogP contribution < -0.4 is 14.8 Å². The van der Waals surface area contributed by atoms with Crippen LogP contribution in [0.15, 0.2) is 42.5 Å². The van der Waals surface area contributed by atoms with Gasteiger partial charge in [0.25, 0.3) is 0 Å². The normalized spacial score (nSPS) is 15.2. The molecule has 0 bridgehead atoms. The van der Waals surface area contributed by atoms with Gasteiger partial charge in [-0.3, -0.25) is 9.82 Å². The van der Waals surface area contributed by atoms with Gasteiger partial charge in [-0.2, -0.15) is 5.10 Å². The summed E-state index contributed by atoms with van der Waals surface area (Å²) in [6.45, 7) is 5.57. The van der Waals surface area contributed by atoms with Gasteiger partial charge in [0.05, 0.1) is 22.6 Å². The minimum atomic E-state index is -3.32. The molecule has 2 aromatic carbocycles. The van der Waals surface area contributed by atoms with E-state index in [4.69, 9.17) is 4.74 Å². The number of rotatable bonds is 11. The van der Waals surface area contributed by atoms with Gasteiger partial charge in [-0.05, 0) is 48.6 Å². The molecule has 1 aromatic heterocycles. The highest BCUT2D eigenvalue weighted by Crippen LogP contribution is 2.30. The van der Waals surface area contributed by atoms with Crippen molar-refractivity contribution in [3.63, 3.8) is 0 Å². The third kappa shape index (κ3) is 5.40. The first-order valence-electron chi connectivity index (χ1n) is 10.9. The predicted molar refractivity (Wildman–Crippen MR) is 126 cm³/mol. The fourth-order valence-electron chi connectivity index (χ4n) is 3.58. The molecular weight excluding hydrogens is 428 g/mol. The van der Waals surface area contributed by atoms with Crippen molar-refractivity contribution in [2.24, 2.45) is 0 Å². The fourth-order valence-corrected chi connectivity index (χ4v) is 4.96. The molecule has 1 atom stereocenters. The number of benzene rings is 2. The quantitative estimate of drug-likeness (QED) is 0.328. The van der Waals surface area contributed by atoms with Crippen LogP contribution in [0.4, 0.5) is 5.69 Å². The molecule has 1 aliphatic carbocycles. The number of nitrogens with zero attached hydrogens (tertiary/aromatic N) is 1. The van der Waals surface area contributed by atoms with E-state index in [-0.39, 0.29) is 5.25 Å². The number of anilines is 1. The standard InChI is InChI=1S/C23H30N4O4S/c1-15(2)23-20-9-6-18(13-21(20)25-26-23)31-11-10-24-14-22(28)16-4-3-5-17(12-16)27-32(29,30)19-7-8-19/h3-6,9,12-13,15,19,22,24,27-28H,7-8,10-11,14H2,1-2H3,(H,25,26)/t22-/m0/s1. The number of hydrogen-bond donors (Lipinski definition) is 4. The lowest BCUT2D eigenvalue weighted by atomic mass is 10.1. The first-order valence-corrected chi connectivity index (χ1v) is 12.5. The highest BCUT2D eigenvalue weighted by atomic mass is 32.2. The number of aromatic amines is 1. The van der Waals surface area contributed by atoms with E-state index in [2.05, 4.69) is 34.1 Å². The molecule has 1 saturated carbocycles. The van der Waals surface area contributed by atoms with Crippen molar-refractivity contribution in [3.05, 3.63) is 53.7 Å². The molecule has 172 valence electrons. The number of aromatic nitrogens is 2. The van der Waals surface area contributed by atoms with Gasteiger partial charge in [-0.25, -0.2) is 8.42 Å². The van der Waals surface area contributed by atoms with Gasteiger partial charge in [-0.1, -0.05) is 26.0 Å². The number of hydrogen-bond acceptors (Lipinski definition) is 6. The van der Waals surface area contributed by atoms with Crippen molar-refractivity contribution in [1.29, 1.82) is 0 Å². The van der Waals surface area contributed by atoms with E-state index in [1.165, 1.54) is 0 Å². The first kappa shape index (κ1) is 22.6. The van der Waals surface area contributed by atoms with Crippen LogP contribution in [0.5, 0.6) is 5.75 Å². The second kappa shape index (κ2) is 9.48. The van der Waals surface area contributed by atoms with E-state index in [1.807, 2.05) is 18.2 Å². The van der Waals surface area contributed by atoms with Gasteiger partial charge < -0.3 is 15.2 Å². The maximum Gasteiger partial charge on any atom is 0.235 e. The van der Waals surface area contributed by atoms with Crippen LogP contribution in [-0.2, 0) is 10.0 Å². The Hall–Kier alpha value is -2.62. The molecule has 0 aliphatic heterocycles. The molecule has 0 saturated heterocycles. The molecule has 1 aliphatic rings. The molecule has 32 heavy (non-hydrogen) atoms. The molecule has 0 spiro atoms. The van der Waals surface area contributed by atoms with Gasteiger partial charge >= 0.3 is 0 Å². The number of ether oxygens (including phenoxy) is 1. The highest BCUT2D eigenvalue weighted by Gasteiger charge is 2.35. The third-order valence-corrected chi connectivity index (χ3v) is 7.36. The first-order chi connectivity index (χ1) is 15.3. The van der Waals surface area contributed by atoms with Gasteiger partial charge in [0.2, 0.25) is 10.0 Å². The Morgan fingerprint density at radius 2 is 2.03 bits per heavy atom. The zero-order valence-electron chi connectivity index (χ0n) is 18.3. The minimum Gasteiger partial charge on any atom is -0.492 e. The summed E-state index contributed by atoms with van der Waals surface area (Å²) >= 11 is 0. The van der Waals surface area contributed by atoms with Crippen molar-refractivity contribution in [1.82, 2.24) is 15.5 Å². The Balaban J connectivity index is 1.23. The smallest absolute Gasteiger partial charge is 0.235 e. The largest absolute Gasteiger partial charge is 0.492 e. The number of H-pyrrole nitrogens is 1. The van der Waals surface area contributed by atoms with Crippen LogP contribution in [0, 0.1) is 0 Å². The van der Waals surface area contributed by atoms with E-state index < -0.39 is 16.1 Å². The maximum atomic E-state index is 12.1. The Morgan fingerprint density at radius 3 is 2.78 bits per heavy atom. The Bertz CT molecular complexity index is 1170. The second-order valence-electron chi connectivity index (χ2n) is 8.51. The van der Waals surface area contributed by atoms with E-state index >= 15 is 0 Å². The molecule has 8 nitrogen and oxygen atoms in total. The van der Waals surface area contributed by atoms with E-state index in [1.54, 1.807) is 24.3 Å². The average Bonchev–Trinajstić information content (AvgIpc) is 3.54. The molecule has 4 rings (SSSR count). The number of aliphatic hydroxyl groups excluding tert-OH is 1. The van der Waals surface area contributed by atoms with Gasteiger partial charge in [0, 0.05) is 30.2 Å². The van der Waals surface area contributed by atoms with E-state index in [0.29, 0.717) is 49.7 Å². The molecule has 0 unspecified atom stereocenters. The number of nitrogens with one attached hydrogen (secondary N) is 3. The predicted octanol–water partition coefficient (Wildman–Crippen LogP) is 3.29.